The minimum absolute atomic E-state index is 0.155. The van der Waals surface area contributed by atoms with E-state index in [0.717, 1.165) is 19.3 Å². The van der Waals surface area contributed by atoms with Crippen molar-refractivity contribution in [1.29, 1.82) is 0 Å². The molecule has 0 heterocycles. The molecule has 0 aromatic carbocycles. The van der Waals surface area contributed by atoms with Gasteiger partial charge in [-0.05, 0) is 31.6 Å². The van der Waals surface area contributed by atoms with Crippen LogP contribution in [-0.2, 0) is 4.74 Å². The lowest BCUT2D eigenvalue weighted by atomic mass is 9.85. The maximum Gasteiger partial charge on any atom is 0.0898 e. The molecule has 0 saturated heterocycles. The number of hydrogen-bond acceptors (Lipinski definition) is 4. The summed E-state index contributed by atoms with van der Waals surface area (Å²) >= 11 is 0. The molecule has 0 amide bonds. The topological polar surface area (TPSA) is 61.7 Å². The Balaban J connectivity index is 1.68. The van der Waals surface area contributed by atoms with E-state index >= 15 is 0 Å². The van der Waals surface area contributed by atoms with E-state index in [2.05, 4.69) is 12.2 Å². The number of aliphatic hydroxyl groups excluding tert-OH is 2. The number of nitrogens with one attached hydrogen (secondary N) is 1. The zero-order valence-electron chi connectivity index (χ0n) is 13.5. The number of rotatable bonds is 8. The zero-order valence-corrected chi connectivity index (χ0v) is 13.5. The van der Waals surface area contributed by atoms with Gasteiger partial charge in [0, 0.05) is 12.1 Å². The van der Waals surface area contributed by atoms with E-state index in [9.17, 15) is 10.2 Å². The largest absolute Gasteiger partial charge is 0.394 e. The van der Waals surface area contributed by atoms with Crippen LogP contribution in [0.15, 0.2) is 0 Å². The predicted octanol–water partition coefficient (Wildman–Crippen LogP) is 2.23. The van der Waals surface area contributed by atoms with E-state index in [1.54, 1.807) is 0 Å². The van der Waals surface area contributed by atoms with Gasteiger partial charge in [0.1, 0.15) is 0 Å². The molecule has 2 aliphatic rings. The molecule has 3 N–H and O–H groups in total. The van der Waals surface area contributed by atoms with Gasteiger partial charge >= 0.3 is 0 Å². The standard InChI is InChI=1S/C17H33NO3/c1-2-14-7-3-4-8-16(14)21-12-15(20)11-18-17(13-19)9-5-6-10-17/h14-16,18-20H,2-13H2,1H3. The molecule has 4 nitrogen and oxygen atoms in total. The van der Waals surface area contributed by atoms with Crippen LogP contribution in [0.2, 0.25) is 0 Å². The van der Waals surface area contributed by atoms with Gasteiger partial charge in [-0.2, -0.15) is 0 Å². The van der Waals surface area contributed by atoms with Gasteiger partial charge in [-0.15, -0.1) is 0 Å². The van der Waals surface area contributed by atoms with Gasteiger partial charge in [0.15, 0.2) is 0 Å². The summed E-state index contributed by atoms with van der Waals surface area (Å²) in [4.78, 5) is 0. The SMILES string of the molecule is CCC1CCCCC1OCC(O)CNC1(CO)CCCC1. The van der Waals surface area contributed by atoms with E-state index in [1.807, 2.05) is 0 Å². The van der Waals surface area contributed by atoms with Crippen LogP contribution in [0.3, 0.4) is 0 Å². The summed E-state index contributed by atoms with van der Waals surface area (Å²) in [7, 11) is 0. The Morgan fingerprint density at radius 2 is 1.90 bits per heavy atom. The average molecular weight is 299 g/mol. The number of β-amino-alcohol motifs (C(OH)–C–C–N with tert-alkyl or cyclic N) is 1. The first-order valence-electron chi connectivity index (χ1n) is 8.84. The highest BCUT2D eigenvalue weighted by Gasteiger charge is 2.33. The van der Waals surface area contributed by atoms with Gasteiger partial charge in [0.25, 0.3) is 0 Å². The first kappa shape index (κ1) is 17.2. The molecule has 4 heteroatoms. The first-order chi connectivity index (χ1) is 10.2. The Labute approximate surface area is 129 Å². The number of ether oxygens (including phenoxy) is 1. The molecule has 2 fully saturated rings. The molecule has 0 aromatic heterocycles. The summed E-state index contributed by atoms with van der Waals surface area (Å²) < 4.78 is 5.98. The second-order valence-corrected chi connectivity index (χ2v) is 7.00. The van der Waals surface area contributed by atoms with Crippen molar-refractivity contribution >= 4 is 0 Å². The molecule has 21 heavy (non-hydrogen) atoms. The van der Waals surface area contributed by atoms with Crippen molar-refractivity contribution in [2.75, 3.05) is 19.8 Å². The molecule has 2 saturated carbocycles. The smallest absolute Gasteiger partial charge is 0.0898 e. The highest BCUT2D eigenvalue weighted by Crippen LogP contribution is 2.30. The van der Waals surface area contributed by atoms with Crippen LogP contribution in [0.4, 0.5) is 0 Å². The summed E-state index contributed by atoms with van der Waals surface area (Å²) in [5, 5.41) is 23.1. The van der Waals surface area contributed by atoms with E-state index in [4.69, 9.17) is 4.74 Å². The van der Waals surface area contributed by atoms with E-state index < -0.39 is 6.10 Å². The molecule has 0 bridgehead atoms. The van der Waals surface area contributed by atoms with Gasteiger partial charge in [0.2, 0.25) is 0 Å². The fourth-order valence-corrected chi connectivity index (χ4v) is 3.93. The Kier molecular flexibility index (Phi) is 6.93. The third kappa shape index (κ3) is 4.92. The minimum Gasteiger partial charge on any atom is -0.394 e. The van der Waals surface area contributed by atoms with Crippen LogP contribution >= 0.6 is 0 Å². The fraction of sp³-hybridized carbons (Fsp3) is 1.00. The van der Waals surface area contributed by atoms with Crippen LogP contribution < -0.4 is 5.32 Å². The molecule has 0 spiro atoms. The second-order valence-electron chi connectivity index (χ2n) is 7.00. The van der Waals surface area contributed by atoms with Crippen LogP contribution in [0, 0.1) is 5.92 Å². The summed E-state index contributed by atoms with van der Waals surface area (Å²) in [6.07, 6.45) is 10.4. The van der Waals surface area contributed by atoms with Crippen LogP contribution in [0.25, 0.3) is 0 Å². The molecule has 0 aliphatic heterocycles. The molecule has 0 aromatic rings. The van der Waals surface area contributed by atoms with Crippen molar-refractivity contribution in [3.8, 4) is 0 Å². The third-order valence-electron chi connectivity index (χ3n) is 5.44. The Hall–Kier alpha value is -0.160. The summed E-state index contributed by atoms with van der Waals surface area (Å²) in [6, 6.07) is 0. The first-order valence-corrected chi connectivity index (χ1v) is 8.84. The van der Waals surface area contributed by atoms with Crippen molar-refractivity contribution in [3.63, 3.8) is 0 Å². The molecular weight excluding hydrogens is 266 g/mol. The maximum atomic E-state index is 10.1. The summed E-state index contributed by atoms with van der Waals surface area (Å²) in [5.41, 5.74) is -0.155. The predicted molar refractivity (Wildman–Crippen MR) is 84.3 cm³/mol. The molecular formula is C17H33NO3. The number of hydrogen-bond donors (Lipinski definition) is 3. The lowest BCUT2D eigenvalue weighted by Crippen LogP contribution is -2.49. The molecule has 0 radical (unpaired) electrons. The lowest BCUT2D eigenvalue weighted by molar-refractivity contribution is -0.0518. The third-order valence-corrected chi connectivity index (χ3v) is 5.44. The molecule has 3 atom stereocenters. The molecule has 3 unspecified atom stereocenters. The maximum absolute atomic E-state index is 10.1. The van der Waals surface area contributed by atoms with Gasteiger partial charge in [-0.3, -0.25) is 0 Å². The Morgan fingerprint density at radius 3 is 2.57 bits per heavy atom. The van der Waals surface area contributed by atoms with Crippen LogP contribution in [0.1, 0.15) is 64.7 Å². The average Bonchev–Trinajstić information content (AvgIpc) is 3.00. The Bertz CT molecular complexity index is 292. The van der Waals surface area contributed by atoms with Crippen molar-refractivity contribution < 1.29 is 14.9 Å². The van der Waals surface area contributed by atoms with Gasteiger partial charge in [-0.1, -0.05) is 39.0 Å². The minimum atomic E-state index is -0.478. The summed E-state index contributed by atoms with van der Waals surface area (Å²) in [5.74, 6) is 0.664. The molecule has 2 aliphatic carbocycles. The lowest BCUT2D eigenvalue weighted by Gasteiger charge is -2.32. The zero-order chi connectivity index (χ0) is 15.1. The van der Waals surface area contributed by atoms with Gasteiger partial charge < -0.3 is 20.3 Å². The van der Waals surface area contributed by atoms with Gasteiger partial charge in [0.05, 0.1) is 25.4 Å². The quantitative estimate of drug-likeness (QED) is 0.643. The van der Waals surface area contributed by atoms with E-state index in [1.165, 1.54) is 38.5 Å². The second kappa shape index (κ2) is 8.47. The highest BCUT2D eigenvalue weighted by atomic mass is 16.5. The normalized spacial score (nSPS) is 30.4. The monoisotopic (exact) mass is 299 g/mol. The Morgan fingerprint density at radius 1 is 1.19 bits per heavy atom. The van der Waals surface area contributed by atoms with Crippen LogP contribution in [-0.4, -0.2) is 47.7 Å². The van der Waals surface area contributed by atoms with Crippen molar-refractivity contribution in [3.05, 3.63) is 0 Å². The van der Waals surface area contributed by atoms with Crippen LogP contribution in [0.5, 0.6) is 0 Å². The molecule has 2 rings (SSSR count). The van der Waals surface area contributed by atoms with Crippen molar-refractivity contribution in [2.45, 2.75) is 82.5 Å². The van der Waals surface area contributed by atoms with Crippen molar-refractivity contribution in [2.24, 2.45) is 5.92 Å². The van der Waals surface area contributed by atoms with E-state index in [-0.39, 0.29) is 12.1 Å². The highest BCUT2D eigenvalue weighted by molar-refractivity contribution is 4.92. The van der Waals surface area contributed by atoms with Gasteiger partial charge in [-0.25, -0.2) is 0 Å². The number of aliphatic hydroxyl groups is 2. The summed E-state index contributed by atoms with van der Waals surface area (Å²) in [6.45, 7) is 3.33. The van der Waals surface area contributed by atoms with Crippen molar-refractivity contribution in [1.82, 2.24) is 5.32 Å². The molecule has 124 valence electrons. The fourth-order valence-electron chi connectivity index (χ4n) is 3.93. The van der Waals surface area contributed by atoms with E-state index in [0.29, 0.717) is 25.2 Å².